The van der Waals surface area contributed by atoms with Crippen molar-refractivity contribution in [3.8, 4) is 17.2 Å². The molecule has 0 bridgehead atoms. The molecule has 2 aromatic carbocycles. The molecule has 2 heterocycles. The first-order valence-corrected chi connectivity index (χ1v) is 12.4. The maximum absolute atomic E-state index is 13.3. The molecule has 4 rings (SSSR count). The Hall–Kier alpha value is -3.52. The van der Waals surface area contributed by atoms with E-state index in [4.69, 9.17) is 18.9 Å². The van der Waals surface area contributed by atoms with Gasteiger partial charge in [0.2, 0.25) is 0 Å². The van der Waals surface area contributed by atoms with Crippen molar-refractivity contribution in [3.63, 3.8) is 0 Å². The molecule has 8 heteroatoms. The minimum atomic E-state index is -0.778. The molecule has 0 radical (unpaired) electrons. The summed E-state index contributed by atoms with van der Waals surface area (Å²) in [4.78, 5) is 27.9. The summed E-state index contributed by atoms with van der Waals surface area (Å²) in [5, 5.41) is 11.4. The number of Topliss-reactive ketones (excluding diaryl/α,β-unsaturated/α-hetero) is 1. The molecule has 1 amide bonds. The highest BCUT2D eigenvalue weighted by Gasteiger charge is 2.46. The number of hydrogen-bond acceptors (Lipinski definition) is 7. The normalized spacial score (nSPS) is 20.4. The lowest BCUT2D eigenvalue weighted by molar-refractivity contribution is -0.140. The Kier molecular flexibility index (Phi) is 7.84. The summed E-state index contributed by atoms with van der Waals surface area (Å²) in [5.41, 5.74) is 2.13. The highest BCUT2D eigenvalue weighted by atomic mass is 16.5. The SMILES string of the molecule is CCOc1ccc([C@@H]2C(=C(O)c3ccc4c(c3)C[C@H](C)O4)C(=O)C(=O)N2CCCOC)cc1OCC. The summed E-state index contributed by atoms with van der Waals surface area (Å²) < 4.78 is 22.4. The number of aliphatic hydroxyl groups excluding tert-OH is 1. The molecular weight excluding hydrogens is 462 g/mol. The lowest BCUT2D eigenvalue weighted by Crippen LogP contribution is -2.31. The van der Waals surface area contributed by atoms with Crippen LogP contribution >= 0.6 is 0 Å². The summed E-state index contributed by atoms with van der Waals surface area (Å²) in [5.74, 6) is 0.287. The van der Waals surface area contributed by atoms with Gasteiger partial charge in [-0.3, -0.25) is 9.59 Å². The molecular formula is C28H33NO7. The first-order valence-electron chi connectivity index (χ1n) is 12.4. The van der Waals surface area contributed by atoms with Gasteiger partial charge in [0.15, 0.2) is 11.5 Å². The molecule has 1 saturated heterocycles. The van der Waals surface area contributed by atoms with E-state index in [2.05, 4.69) is 0 Å². The Balaban J connectivity index is 1.82. The van der Waals surface area contributed by atoms with Crippen molar-refractivity contribution in [1.29, 1.82) is 0 Å². The average Bonchev–Trinajstić information content (AvgIpc) is 3.36. The number of likely N-dealkylation sites (tertiary alicyclic amines) is 1. The van der Waals surface area contributed by atoms with Crippen molar-refractivity contribution in [2.75, 3.05) is 33.5 Å². The van der Waals surface area contributed by atoms with Crippen molar-refractivity contribution in [2.45, 2.75) is 45.8 Å². The lowest BCUT2D eigenvalue weighted by Gasteiger charge is -2.26. The minimum absolute atomic E-state index is 0.0459. The molecule has 36 heavy (non-hydrogen) atoms. The number of fused-ring (bicyclic) bond motifs is 1. The van der Waals surface area contributed by atoms with Crippen LogP contribution in [0, 0.1) is 0 Å². The van der Waals surface area contributed by atoms with E-state index in [-0.39, 0.29) is 17.4 Å². The van der Waals surface area contributed by atoms with E-state index in [0.717, 1.165) is 11.3 Å². The van der Waals surface area contributed by atoms with Gasteiger partial charge in [-0.05, 0) is 68.7 Å². The van der Waals surface area contributed by atoms with E-state index in [1.165, 1.54) is 4.90 Å². The molecule has 192 valence electrons. The lowest BCUT2D eigenvalue weighted by atomic mass is 9.94. The van der Waals surface area contributed by atoms with Gasteiger partial charge in [-0.1, -0.05) is 6.07 Å². The topological polar surface area (TPSA) is 94.5 Å². The van der Waals surface area contributed by atoms with Gasteiger partial charge < -0.3 is 29.0 Å². The van der Waals surface area contributed by atoms with E-state index in [1.807, 2.05) is 26.8 Å². The van der Waals surface area contributed by atoms with Crippen molar-refractivity contribution < 1.29 is 33.6 Å². The number of rotatable bonds is 10. The Bertz CT molecular complexity index is 1170. The standard InChI is InChI=1S/C28H33NO7/c1-5-34-22-11-8-18(16-23(22)35-6-2)25-24(27(31)28(32)29(25)12-7-13-33-4)26(30)19-9-10-21-20(15-19)14-17(3)36-21/h8-11,15-17,25,30H,5-7,12-14H2,1-4H3/t17-,25+/m0/s1. The number of nitrogens with zero attached hydrogens (tertiary/aromatic N) is 1. The summed E-state index contributed by atoms with van der Waals surface area (Å²) in [7, 11) is 1.59. The molecule has 2 aliphatic rings. The summed E-state index contributed by atoms with van der Waals surface area (Å²) in [6, 6.07) is 9.91. The fourth-order valence-corrected chi connectivity index (χ4v) is 4.80. The van der Waals surface area contributed by atoms with Gasteiger partial charge in [-0.25, -0.2) is 0 Å². The number of carbonyl (C=O) groups is 2. The van der Waals surface area contributed by atoms with Crippen LogP contribution < -0.4 is 14.2 Å². The number of hydrogen-bond donors (Lipinski definition) is 1. The van der Waals surface area contributed by atoms with Crippen LogP contribution in [0.5, 0.6) is 17.2 Å². The van der Waals surface area contributed by atoms with Crippen LogP contribution in [0.2, 0.25) is 0 Å². The second-order valence-electron chi connectivity index (χ2n) is 8.87. The van der Waals surface area contributed by atoms with Gasteiger partial charge in [0.25, 0.3) is 11.7 Å². The number of methoxy groups -OCH3 is 1. The maximum Gasteiger partial charge on any atom is 0.295 e. The van der Waals surface area contributed by atoms with Gasteiger partial charge >= 0.3 is 0 Å². The van der Waals surface area contributed by atoms with Gasteiger partial charge in [-0.15, -0.1) is 0 Å². The first-order chi connectivity index (χ1) is 17.4. The Morgan fingerprint density at radius 1 is 1.08 bits per heavy atom. The number of benzene rings is 2. The predicted molar refractivity (Wildman–Crippen MR) is 135 cm³/mol. The smallest absolute Gasteiger partial charge is 0.295 e. The molecule has 2 atom stereocenters. The quantitative estimate of drug-likeness (QED) is 0.228. The highest BCUT2D eigenvalue weighted by Crippen LogP contribution is 2.43. The predicted octanol–water partition coefficient (Wildman–Crippen LogP) is 4.27. The van der Waals surface area contributed by atoms with E-state index in [0.29, 0.717) is 61.8 Å². The molecule has 2 aliphatic heterocycles. The fourth-order valence-electron chi connectivity index (χ4n) is 4.80. The van der Waals surface area contributed by atoms with Gasteiger partial charge in [0.1, 0.15) is 17.6 Å². The third-order valence-corrected chi connectivity index (χ3v) is 6.34. The molecule has 1 N–H and O–H groups in total. The van der Waals surface area contributed by atoms with Crippen molar-refractivity contribution in [2.24, 2.45) is 0 Å². The molecule has 8 nitrogen and oxygen atoms in total. The van der Waals surface area contributed by atoms with Crippen LogP contribution in [-0.2, 0) is 20.7 Å². The fraction of sp³-hybridized carbons (Fsp3) is 0.429. The molecule has 0 unspecified atom stereocenters. The molecule has 0 aromatic heterocycles. The van der Waals surface area contributed by atoms with Crippen molar-refractivity contribution >= 4 is 17.4 Å². The Morgan fingerprint density at radius 3 is 2.56 bits per heavy atom. The van der Waals surface area contributed by atoms with Crippen LogP contribution in [0.3, 0.4) is 0 Å². The van der Waals surface area contributed by atoms with Crippen molar-refractivity contribution in [3.05, 3.63) is 58.7 Å². The number of ketones is 1. The van der Waals surface area contributed by atoms with Crippen LogP contribution in [0.15, 0.2) is 42.0 Å². The zero-order valence-corrected chi connectivity index (χ0v) is 21.2. The summed E-state index contributed by atoms with van der Waals surface area (Å²) in [6.45, 7) is 7.36. The van der Waals surface area contributed by atoms with E-state index in [9.17, 15) is 14.7 Å². The summed E-state index contributed by atoms with van der Waals surface area (Å²) >= 11 is 0. The highest BCUT2D eigenvalue weighted by molar-refractivity contribution is 6.46. The third-order valence-electron chi connectivity index (χ3n) is 6.34. The Morgan fingerprint density at radius 2 is 1.83 bits per heavy atom. The Labute approximate surface area is 211 Å². The number of aliphatic hydroxyl groups is 1. The molecule has 0 saturated carbocycles. The van der Waals surface area contributed by atoms with Crippen LogP contribution in [0.4, 0.5) is 0 Å². The minimum Gasteiger partial charge on any atom is -0.507 e. The molecule has 0 spiro atoms. The van der Waals surface area contributed by atoms with Crippen LogP contribution in [-0.4, -0.2) is 61.3 Å². The summed E-state index contributed by atoms with van der Waals surface area (Å²) in [6.07, 6.45) is 1.30. The maximum atomic E-state index is 13.3. The van der Waals surface area contributed by atoms with Gasteiger partial charge in [-0.2, -0.15) is 0 Å². The van der Waals surface area contributed by atoms with Gasteiger partial charge in [0, 0.05) is 32.2 Å². The van der Waals surface area contributed by atoms with E-state index in [1.54, 1.807) is 37.4 Å². The van der Waals surface area contributed by atoms with E-state index >= 15 is 0 Å². The largest absolute Gasteiger partial charge is 0.507 e. The molecule has 0 aliphatic carbocycles. The van der Waals surface area contributed by atoms with E-state index < -0.39 is 17.7 Å². The molecule has 2 aromatic rings. The zero-order chi connectivity index (χ0) is 25.8. The number of ether oxygens (including phenoxy) is 4. The second kappa shape index (κ2) is 11.0. The number of carbonyl (C=O) groups excluding carboxylic acids is 2. The first kappa shape index (κ1) is 25.6. The monoisotopic (exact) mass is 495 g/mol. The van der Waals surface area contributed by atoms with Crippen LogP contribution in [0.1, 0.15) is 49.9 Å². The molecule has 1 fully saturated rings. The average molecular weight is 496 g/mol. The second-order valence-corrected chi connectivity index (χ2v) is 8.87. The van der Waals surface area contributed by atoms with Crippen molar-refractivity contribution in [1.82, 2.24) is 4.90 Å². The zero-order valence-electron chi connectivity index (χ0n) is 21.2. The van der Waals surface area contributed by atoms with Crippen LogP contribution in [0.25, 0.3) is 5.76 Å². The van der Waals surface area contributed by atoms with Gasteiger partial charge in [0.05, 0.1) is 24.8 Å². The third kappa shape index (κ3) is 4.91. The number of amides is 1.